The van der Waals surface area contributed by atoms with E-state index < -0.39 is 0 Å². The quantitative estimate of drug-likeness (QED) is 0.753. The van der Waals surface area contributed by atoms with Crippen LogP contribution in [0.25, 0.3) is 0 Å². The maximum absolute atomic E-state index is 11.8. The molecule has 4 rings (SSSR count). The number of benzene rings is 1. The predicted molar refractivity (Wildman–Crippen MR) is 102 cm³/mol. The average molecular weight is 357 g/mol. The van der Waals surface area contributed by atoms with E-state index in [0.717, 1.165) is 19.3 Å². The smallest absolute Gasteiger partial charge is 0.302 e. The number of hydrogen-bond acceptors (Lipinski definition) is 3. The molecule has 0 saturated heterocycles. The van der Waals surface area contributed by atoms with Crippen LogP contribution in [0.1, 0.15) is 70.4 Å². The lowest BCUT2D eigenvalue weighted by atomic mass is 9.55. The van der Waals surface area contributed by atoms with Crippen molar-refractivity contribution in [1.82, 2.24) is 0 Å². The Hall–Kier alpha value is -1.51. The Morgan fingerprint density at radius 3 is 2.77 bits per heavy atom. The highest BCUT2D eigenvalue weighted by Crippen LogP contribution is 2.63. The lowest BCUT2D eigenvalue weighted by molar-refractivity contribution is -0.158. The van der Waals surface area contributed by atoms with E-state index in [2.05, 4.69) is 26.8 Å². The van der Waals surface area contributed by atoms with Gasteiger partial charge in [0.1, 0.15) is 11.9 Å². The highest BCUT2D eigenvalue weighted by atomic mass is 16.5. The zero-order chi connectivity index (χ0) is 18.6. The summed E-state index contributed by atoms with van der Waals surface area (Å²) in [4.78, 5) is 11.8. The van der Waals surface area contributed by atoms with Gasteiger partial charge in [-0.2, -0.15) is 0 Å². The summed E-state index contributed by atoms with van der Waals surface area (Å²) >= 11 is 0. The van der Waals surface area contributed by atoms with Crippen molar-refractivity contribution in [3.63, 3.8) is 0 Å². The Labute approximate surface area is 157 Å². The van der Waals surface area contributed by atoms with E-state index in [4.69, 9.17) is 4.74 Å². The molecule has 1 unspecified atom stereocenters. The van der Waals surface area contributed by atoms with E-state index in [1.807, 2.05) is 12.1 Å². The van der Waals surface area contributed by atoms with Gasteiger partial charge in [0.05, 0.1) is 0 Å². The number of esters is 1. The monoisotopic (exact) mass is 356 g/mol. The Morgan fingerprint density at radius 1 is 1.31 bits per heavy atom. The summed E-state index contributed by atoms with van der Waals surface area (Å²) in [5.41, 5.74) is 2.90. The van der Waals surface area contributed by atoms with Crippen molar-refractivity contribution in [3.8, 4) is 5.75 Å². The first-order valence-electron chi connectivity index (χ1n) is 10.3. The van der Waals surface area contributed by atoms with Gasteiger partial charge < -0.3 is 9.84 Å². The molecule has 0 aliphatic heterocycles. The minimum Gasteiger partial charge on any atom is -0.508 e. The van der Waals surface area contributed by atoms with E-state index in [1.165, 1.54) is 24.0 Å². The normalized spacial score (nSPS) is 38.4. The first-order chi connectivity index (χ1) is 12.3. The van der Waals surface area contributed by atoms with E-state index in [0.29, 0.717) is 35.3 Å². The van der Waals surface area contributed by atoms with Crippen molar-refractivity contribution in [1.29, 1.82) is 0 Å². The third-order valence-electron chi connectivity index (χ3n) is 7.86. The number of phenols is 1. The summed E-state index contributed by atoms with van der Waals surface area (Å²) in [5, 5.41) is 9.84. The number of carbonyl (C=O) groups excluding carboxylic acids is 1. The van der Waals surface area contributed by atoms with Crippen LogP contribution in [0.5, 0.6) is 5.75 Å². The highest BCUT2D eigenvalue weighted by Gasteiger charge is 2.60. The third kappa shape index (κ3) is 2.66. The molecule has 1 aromatic rings. The van der Waals surface area contributed by atoms with Gasteiger partial charge in [-0.25, -0.2) is 0 Å². The topological polar surface area (TPSA) is 46.5 Å². The van der Waals surface area contributed by atoms with Crippen LogP contribution in [0, 0.1) is 29.1 Å². The number of aromatic hydroxyl groups is 1. The van der Waals surface area contributed by atoms with E-state index in [1.54, 1.807) is 6.92 Å². The van der Waals surface area contributed by atoms with Gasteiger partial charge in [-0.1, -0.05) is 26.8 Å². The molecule has 3 aliphatic carbocycles. The second-order valence-electron chi connectivity index (χ2n) is 9.52. The summed E-state index contributed by atoms with van der Waals surface area (Å²) in [6, 6.07) is 5.97. The molecule has 142 valence electrons. The number of ether oxygens (including phenoxy) is 1. The van der Waals surface area contributed by atoms with Gasteiger partial charge in [-0.15, -0.1) is 0 Å². The summed E-state index contributed by atoms with van der Waals surface area (Å²) in [5.74, 6) is 3.16. The molecule has 0 bridgehead atoms. The number of hydrogen-bond donors (Lipinski definition) is 1. The molecule has 6 atom stereocenters. The molecule has 0 aromatic heterocycles. The lowest BCUT2D eigenvalue weighted by Crippen LogP contribution is -2.46. The average Bonchev–Trinajstić information content (AvgIpc) is 2.87. The molecule has 0 radical (unpaired) electrons. The largest absolute Gasteiger partial charge is 0.508 e. The lowest BCUT2D eigenvalue weighted by Gasteiger charge is -2.50. The predicted octanol–water partition coefficient (Wildman–Crippen LogP) is 5.06. The van der Waals surface area contributed by atoms with Crippen LogP contribution < -0.4 is 0 Å². The summed E-state index contributed by atoms with van der Waals surface area (Å²) in [7, 11) is 0. The van der Waals surface area contributed by atoms with Crippen molar-refractivity contribution in [2.75, 3.05) is 0 Å². The van der Waals surface area contributed by atoms with Gasteiger partial charge in [-0.3, -0.25) is 4.79 Å². The second-order valence-corrected chi connectivity index (χ2v) is 9.52. The maximum Gasteiger partial charge on any atom is 0.302 e. The van der Waals surface area contributed by atoms with Gasteiger partial charge >= 0.3 is 5.97 Å². The van der Waals surface area contributed by atoms with Crippen molar-refractivity contribution >= 4 is 5.97 Å². The number of carbonyl (C=O) groups is 1. The van der Waals surface area contributed by atoms with Crippen LogP contribution in [0.15, 0.2) is 18.2 Å². The van der Waals surface area contributed by atoms with Gasteiger partial charge in [-0.05, 0) is 85.0 Å². The molecule has 0 spiro atoms. The van der Waals surface area contributed by atoms with Gasteiger partial charge in [0, 0.05) is 12.3 Å². The van der Waals surface area contributed by atoms with Crippen LogP contribution in [-0.2, 0) is 16.0 Å². The molecule has 2 fully saturated rings. The van der Waals surface area contributed by atoms with E-state index >= 15 is 0 Å². The molecular weight excluding hydrogens is 324 g/mol. The third-order valence-corrected chi connectivity index (χ3v) is 7.86. The van der Waals surface area contributed by atoms with Gasteiger partial charge in [0.2, 0.25) is 0 Å². The number of fused-ring (bicyclic) bond motifs is 5. The zero-order valence-corrected chi connectivity index (χ0v) is 16.5. The molecule has 1 aromatic carbocycles. The Morgan fingerprint density at radius 2 is 2.08 bits per heavy atom. The van der Waals surface area contributed by atoms with Crippen LogP contribution in [0.2, 0.25) is 0 Å². The fraction of sp³-hybridized carbons (Fsp3) is 0.696. The molecule has 2 saturated carbocycles. The Bertz CT molecular complexity index is 709. The molecule has 1 N–H and O–H groups in total. The van der Waals surface area contributed by atoms with Crippen LogP contribution in [0.3, 0.4) is 0 Å². The summed E-state index contributed by atoms with van der Waals surface area (Å²) in [6.45, 7) is 8.50. The number of phenolic OH excluding ortho intramolecular Hbond substituents is 1. The van der Waals surface area contributed by atoms with Gasteiger partial charge in [0.15, 0.2) is 0 Å². The van der Waals surface area contributed by atoms with E-state index in [-0.39, 0.29) is 17.5 Å². The standard InChI is InChI=1S/C23H32O3/c1-13(2)20-12-21-19-7-5-15-11-16(25)6-8-17(15)18(19)9-10-23(21,4)22(20)26-14(3)24/h6,8,11,13,18-22,25H,5,7,9-10,12H2,1-4H3/t18-,19-,20?,21+,22+,23+/m1/s1. The van der Waals surface area contributed by atoms with Crippen molar-refractivity contribution in [2.24, 2.45) is 29.1 Å². The highest BCUT2D eigenvalue weighted by molar-refractivity contribution is 5.66. The molecule has 3 heteroatoms. The van der Waals surface area contributed by atoms with Crippen molar-refractivity contribution < 1.29 is 14.6 Å². The molecular formula is C23H32O3. The zero-order valence-electron chi connectivity index (χ0n) is 16.5. The van der Waals surface area contributed by atoms with E-state index in [9.17, 15) is 9.90 Å². The van der Waals surface area contributed by atoms with Crippen LogP contribution in [0.4, 0.5) is 0 Å². The fourth-order valence-corrected chi connectivity index (χ4v) is 6.64. The molecule has 3 aliphatic rings. The fourth-order valence-electron chi connectivity index (χ4n) is 6.64. The molecule has 26 heavy (non-hydrogen) atoms. The first kappa shape index (κ1) is 17.9. The van der Waals surface area contributed by atoms with Crippen molar-refractivity contribution in [2.45, 2.75) is 71.8 Å². The first-order valence-corrected chi connectivity index (χ1v) is 10.3. The van der Waals surface area contributed by atoms with Crippen LogP contribution >= 0.6 is 0 Å². The summed E-state index contributed by atoms with van der Waals surface area (Å²) < 4.78 is 5.95. The molecule has 3 nitrogen and oxygen atoms in total. The van der Waals surface area contributed by atoms with Crippen LogP contribution in [-0.4, -0.2) is 17.2 Å². The molecule has 0 heterocycles. The second kappa shape index (κ2) is 6.28. The Balaban J connectivity index is 1.68. The summed E-state index contributed by atoms with van der Waals surface area (Å²) in [6.07, 6.45) is 5.78. The van der Waals surface area contributed by atoms with Crippen molar-refractivity contribution in [3.05, 3.63) is 29.3 Å². The van der Waals surface area contributed by atoms with Gasteiger partial charge in [0.25, 0.3) is 0 Å². The number of aryl methyl sites for hydroxylation is 1. The SMILES string of the molecule is CC(=O)O[C@H]1C(C(C)C)C[C@H]2[C@@H]3CCc4cc(O)ccc4[C@H]3CC[C@]12C. The Kier molecular flexibility index (Phi) is 4.32. The minimum absolute atomic E-state index is 0.0622. The maximum atomic E-state index is 11.8. The number of rotatable bonds is 2. The molecule has 0 amide bonds. The minimum atomic E-state index is -0.130.